The SMILES string of the molecule is CN(C)S(=O)(=O)c1ccc(N2CCOCC2)c(C(=O)NCCN2CCc3ccccc3C2)c1. The fourth-order valence-corrected chi connectivity index (χ4v) is 5.24. The van der Waals surface area contributed by atoms with Crippen molar-refractivity contribution in [2.24, 2.45) is 0 Å². The number of fused-ring (bicyclic) bond motifs is 1. The van der Waals surface area contributed by atoms with E-state index in [9.17, 15) is 13.2 Å². The Kier molecular flexibility index (Phi) is 7.33. The second-order valence-electron chi connectivity index (χ2n) is 8.62. The molecular weight excluding hydrogens is 440 g/mol. The number of sulfonamides is 1. The fourth-order valence-electron chi connectivity index (χ4n) is 4.32. The summed E-state index contributed by atoms with van der Waals surface area (Å²) in [5.74, 6) is -0.260. The minimum Gasteiger partial charge on any atom is -0.378 e. The normalized spacial score (nSPS) is 17.1. The van der Waals surface area contributed by atoms with E-state index in [-0.39, 0.29) is 10.8 Å². The van der Waals surface area contributed by atoms with Gasteiger partial charge in [0.05, 0.1) is 23.7 Å². The van der Waals surface area contributed by atoms with Gasteiger partial charge in [-0.05, 0) is 35.7 Å². The van der Waals surface area contributed by atoms with E-state index in [4.69, 9.17) is 4.74 Å². The van der Waals surface area contributed by atoms with Crippen molar-refractivity contribution in [2.45, 2.75) is 17.9 Å². The number of hydrogen-bond donors (Lipinski definition) is 1. The van der Waals surface area contributed by atoms with E-state index < -0.39 is 10.0 Å². The lowest BCUT2D eigenvalue weighted by Gasteiger charge is -2.31. The van der Waals surface area contributed by atoms with Crippen molar-refractivity contribution in [1.82, 2.24) is 14.5 Å². The van der Waals surface area contributed by atoms with Crippen LogP contribution < -0.4 is 10.2 Å². The third-order valence-corrected chi connectivity index (χ3v) is 8.08. The number of benzene rings is 2. The van der Waals surface area contributed by atoms with E-state index in [1.807, 2.05) is 0 Å². The van der Waals surface area contributed by atoms with Crippen LogP contribution >= 0.6 is 0 Å². The molecule has 1 amide bonds. The summed E-state index contributed by atoms with van der Waals surface area (Å²) in [6, 6.07) is 13.3. The van der Waals surface area contributed by atoms with E-state index in [1.54, 1.807) is 12.1 Å². The molecule has 2 aromatic carbocycles. The van der Waals surface area contributed by atoms with Crippen LogP contribution in [0.3, 0.4) is 0 Å². The molecule has 9 heteroatoms. The maximum absolute atomic E-state index is 13.2. The zero-order chi connectivity index (χ0) is 23.4. The van der Waals surface area contributed by atoms with Crippen molar-refractivity contribution >= 4 is 21.6 Å². The van der Waals surface area contributed by atoms with Crippen molar-refractivity contribution in [3.8, 4) is 0 Å². The van der Waals surface area contributed by atoms with Crippen LogP contribution in [-0.4, -0.2) is 83.6 Å². The lowest BCUT2D eigenvalue weighted by atomic mass is 10.00. The smallest absolute Gasteiger partial charge is 0.253 e. The molecule has 0 bridgehead atoms. The Bertz CT molecular complexity index is 1100. The number of ether oxygens (including phenoxy) is 1. The topological polar surface area (TPSA) is 82.2 Å². The molecule has 178 valence electrons. The number of morpholine rings is 1. The van der Waals surface area contributed by atoms with Gasteiger partial charge in [0.2, 0.25) is 10.0 Å². The molecule has 2 aromatic rings. The highest BCUT2D eigenvalue weighted by atomic mass is 32.2. The molecule has 2 aliphatic rings. The van der Waals surface area contributed by atoms with Gasteiger partial charge < -0.3 is 15.0 Å². The number of nitrogens with one attached hydrogen (secondary N) is 1. The zero-order valence-corrected chi connectivity index (χ0v) is 20.1. The molecule has 2 heterocycles. The maximum atomic E-state index is 13.2. The van der Waals surface area contributed by atoms with Crippen molar-refractivity contribution in [2.75, 3.05) is 64.9 Å². The molecule has 1 N–H and O–H groups in total. The average Bonchev–Trinajstić information content (AvgIpc) is 2.84. The summed E-state index contributed by atoms with van der Waals surface area (Å²) < 4.78 is 31.9. The first-order chi connectivity index (χ1) is 15.9. The Labute approximate surface area is 196 Å². The molecule has 0 saturated carbocycles. The molecule has 0 radical (unpaired) electrons. The van der Waals surface area contributed by atoms with Gasteiger partial charge in [-0.1, -0.05) is 24.3 Å². The van der Waals surface area contributed by atoms with Gasteiger partial charge in [-0.25, -0.2) is 12.7 Å². The third kappa shape index (κ3) is 5.38. The molecule has 8 nitrogen and oxygen atoms in total. The molecule has 33 heavy (non-hydrogen) atoms. The fraction of sp³-hybridized carbons (Fsp3) is 0.458. The lowest BCUT2D eigenvalue weighted by molar-refractivity contribution is 0.0945. The zero-order valence-electron chi connectivity index (χ0n) is 19.3. The van der Waals surface area contributed by atoms with Crippen LogP contribution in [0.1, 0.15) is 21.5 Å². The Hall–Kier alpha value is -2.46. The minimum absolute atomic E-state index is 0.113. The van der Waals surface area contributed by atoms with Crippen LogP contribution in [0.25, 0.3) is 0 Å². The quantitative estimate of drug-likeness (QED) is 0.659. The Morgan fingerprint density at radius 1 is 1.06 bits per heavy atom. The molecule has 4 rings (SSSR count). The summed E-state index contributed by atoms with van der Waals surface area (Å²) in [5, 5.41) is 3.01. The molecule has 1 saturated heterocycles. The molecule has 2 aliphatic heterocycles. The first-order valence-corrected chi connectivity index (χ1v) is 12.8. The first kappa shape index (κ1) is 23.7. The lowest BCUT2D eigenvalue weighted by Crippen LogP contribution is -2.40. The van der Waals surface area contributed by atoms with Gasteiger partial charge in [0, 0.05) is 59.1 Å². The summed E-state index contributed by atoms with van der Waals surface area (Å²) in [6.07, 6.45) is 1.01. The first-order valence-electron chi connectivity index (χ1n) is 11.3. The maximum Gasteiger partial charge on any atom is 0.253 e. The van der Waals surface area contributed by atoms with E-state index in [0.29, 0.717) is 38.4 Å². The van der Waals surface area contributed by atoms with Gasteiger partial charge in [0.25, 0.3) is 5.91 Å². The summed E-state index contributed by atoms with van der Waals surface area (Å²) >= 11 is 0. The number of anilines is 1. The summed E-state index contributed by atoms with van der Waals surface area (Å²) in [7, 11) is -0.669. The van der Waals surface area contributed by atoms with Crippen LogP contribution in [-0.2, 0) is 27.7 Å². The molecular formula is C24H32N4O4S. The Morgan fingerprint density at radius 3 is 2.52 bits per heavy atom. The molecule has 0 unspecified atom stereocenters. The van der Waals surface area contributed by atoms with Crippen LogP contribution in [0, 0.1) is 0 Å². The van der Waals surface area contributed by atoms with Crippen LogP contribution in [0.5, 0.6) is 0 Å². The Balaban J connectivity index is 1.47. The number of amides is 1. The van der Waals surface area contributed by atoms with Gasteiger partial charge in [0.1, 0.15) is 0 Å². The van der Waals surface area contributed by atoms with Gasteiger partial charge in [-0.3, -0.25) is 9.69 Å². The Morgan fingerprint density at radius 2 is 1.79 bits per heavy atom. The highest BCUT2D eigenvalue weighted by molar-refractivity contribution is 7.89. The predicted molar refractivity (Wildman–Crippen MR) is 128 cm³/mol. The summed E-state index contributed by atoms with van der Waals surface area (Å²) in [6.45, 7) is 5.55. The highest BCUT2D eigenvalue weighted by Gasteiger charge is 2.24. The van der Waals surface area contributed by atoms with Gasteiger partial charge in [-0.15, -0.1) is 0 Å². The van der Waals surface area contributed by atoms with Gasteiger partial charge in [-0.2, -0.15) is 0 Å². The monoisotopic (exact) mass is 472 g/mol. The molecule has 0 aromatic heterocycles. The highest BCUT2D eigenvalue weighted by Crippen LogP contribution is 2.26. The van der Waals surface area contributed by atoms with Crippen molar-refractivity contribution < 1.29 is 17.9 Å². The van der Waals surface area contributed by atoms with Gasteiger partial charge in [0.15, 0.2) is 0 Å². The van der Waals surface area contributed by atoms with Crippen LogP contribution in [0.15, 0.2) is 47.4 Å². The van der Waals surface area contributed by atoms with E-state index in [0.717, 1.165) is 36.0 Å². The standard InChI is InChI=1S/C24H32N4O4S/c1-26(2)33(30,31)21-7-8-23(28-13-15-32-16-14-28)22(17-21)24(29)25-10-12-27-11-9-19-5-3-4-6-20(19)18-27/h3-8,17H,9-16,18H2,1-2H3,(H,25,29). The minimum atomic E-state index is -3.64. The number of carbonyl (C=O) groups is 1. The number of carbonyl (C=O) groups excluding carboxylic acids is 1. The van der Waals surface area contributed by atoms with Crippen molar-refractivity contribution in [3.05, 3.63) is 59.2 Å². The molecule has 1 fully saturated rings. The number of rotatable bonds is 7. The third-order valence-electron chi connectivity index (χ3n) is 6.27. The summed E-state index contributed by atoms with van der Waals surface area (Å²) in [5.41, 5.74) is 3.85. The number of nitrogens with zero attached hydrogens (tertiary/aromatic N) is 3. The second-order valence-corrected chi connectivity index (χ2v) is 10.8. The summed E-state index contributed by atoms with van der Waals surface area (Å²) in [4.78, 5) is 17.7. The van der Waals surface area contributed by atoms with Crippen molar-refractivity contribution in [3.63, 3.8) is 0 Å². The largest absolute Gasteiger partial charge is 0.378 e. The molecule has 0 atom stereocenters. The molecule has 0 spiro atoms. The van der Waals surface area contributed by atoms with Gasteiger partial charge >= 0.3 is 0 Å². The van der Waals surface area contributed by atoms with E-state index >= 15 is 0 Å². The average molecular weight is 473 g/mol. The predicted octanol–water partition coefficient (Wildman–Crippen LogP) is 1.56. The van der Waals surface area contributed by atoms with Crippen molar-refractivity contribution in [1.29, 1.82) is 0 Å². The molecule has 0 aliphatic carbocycles. The van der Waals surface area contributed by atoms with E-state index in [2.05, 4.69) is 39.4 Å². The van der Waals surface area contributed by atoms with Crippen LogP contribution in [0.4, 0.5) is 5.69 Å². The second kappa shape index (κ2) is 10.2. The number of hydrogen-bond acceptors (Lipinski definition) is 6. The van der Waals surface area contributed by atoms with E-state index in [1.165, 1.54) is 31.3 Å². The van der Waals surface area contributed by atoms with Crippen LogP contribution in [0.2, 0.25) is 0 Å².